The fraction of sp³-hybridized carbons (Fsp3) is 0.280. The zero-order chi connectivity index (χ0) is 23.6. The van der Waals surface area contributed by atoms with Crippen molar-refractivity contribution in [3.63, 3.8) is 0 Å². The number of rotatable bonds is 6. The molecule has 0 aliphatic carbocycles. The van der Waals surface area contributed by atoms with Gasteiger partial charge in [-0.05, 0) is 52.7 Å². The minimum atomic E-state index is -0.534. The predicted molar refractivity (Wildman–Crippen MR) is 127 cm³/mol. The summed E-state index contributed by atoms with van der Waals surface area (Å²) in [5.41, 5.74) is 2.79. The van der Waals surface area contributed by atoms with Gasteiger partial charge in [0, 0.05) is 22.9 Å². The van der Waals surface area contributed by atoms with Crippen molar-refractivity contribution < 1.29 is 19.4 Å². The summed E-state index contributed by atoms with van der Waals surface area (Å²) in [7, 11) is 1.36. The van der Waals surface area contributed by atoms with Crippen LogP contribution in [-0.4, -0.2) is 22.3 Å². The lowest BCUT2D eigenvalue weighted by molar-refractivity contribution is 0.396. The molecule has 2 N–H and O–H groups in total. The number of methoxy groups -OCH3 is 1. The summed E-state index contributed by atoms with van der Waals surface area (Å²) in [6, 6.07) is 3.22. The van der Waals surface area contributed by atoms with Crippen molar-refractivity contribution in [3.05, 3.63) is 68.1 Å². The second-order valence-electron chi connectivity index (χ2n) is 7.99. The van der Waals surface area contributed by atoms with Gasteiger partial charge in [-0.15, -0.1) is 0 Å². The molecule has 0 saturated carbocycles. The number of phenols is 2. The van der Waals surface area contributed by atoms with Gasteiger partial charge in [-0.25, -0.2) is 4.98 Å². The Kier molecular flexibility index (Phi) is 6.94. The number of phenolic OH excluding ortho intramolecular Hbond substituents is 2. The molecule has 6 nitrogen and oxygen atoms in total. The van der Waals surface area contributed by atoms with Crippen LogP contribution in [0.25, 0.3) is 22.3 Å². The van der Waals surface area contributed by atoms with Crippen LogP contribution < -0.4 is 10.2 Å². The van der Waals surface area contributed by atoms with Crippen LogP contribution in [0.5, 0.6) is 17.2 Å². The average Bonchev–Trinajstić information content (AvgIpc) is 2.73. The van der Waals surface area contributed by atoms with E-state index in [0.717, 1.165) is 11.1 Å². The smallest absolute Gasteiger partial charge is 0.239 e. The van der Waals surface area contributed by atoms with Gasteiger partial charge in [0.1, 0.15) is 27.6 Å². The van der Waals surface area contributed by atoms with Crippen LogP contribution in [0.3, 0.4) is 0 Å². The van der Waals surface area contributed by atoms with E-state index in [9.17, 15) is 15.0 Å². The summed E-state index contributed by atoms with van der Waals surface area (Å²) in [6.07, 6.45) is 5.85. The second kappa shape index (κ2) is 9.49. The first-order chi connectivity index (χ1) is 15.1. The Hall–Kier alpha value is -3.25. The van der Waals surface area contributed by atoms with Crippen LogP contribution in [0.15, 0.2) is 50.8 Å². The molecule has 0 spiro atoms. The molecule has 1 aromatic carbocycles. The maximum absolute atomic E-state index is 13.4. The van der Waals surface area contributed by atoms with Gasteiger partial charge in [0.25, 0.3) is 0 Å². The topological polar surface area (TPSA) is 92.8 Å². The molecule has 0 amide bonds. The Morgan fingerprint density at radius 1 is 1.06 bits per heavy atom. The van der Waals surface area contributed by atoms with Crippen molar-refractivity contribution >= 4 is 22.6 Å². The third kappa shape index (κ3) is 4.50. The third-order valence-electron chi connectivity index (χ3n) is 5.06. The summed E-state index contributed by atoms with van der Waals surface area (Å²) in [6.45, 7) is 7.72. The number of ether oxygens (including phenoxy) is 1. The lowest BCUT2D eigenvalue weighted by Crippen LogP contribution is -2.10. The minimum absolute atomic E-state index is 0.0281. The Balaban J connectivity index is 2.45. The molecule has 0 aliphatic rings. The summed E-state index contributed by atoms with van der Waals surface area (Å²) in [4.78, 5) is 17.5. The number of hydrogen-bond donors (Lipinski definition) is 2. The van der Waals surface area contributed by atoms with Gasteiger partial charge < -0.3 is 19.4 Å². The number of benzene rings is 1. The highest BCUT2D eigenvalue weighted by Crippen LogP contribution is 2.42. The fourth-order valence-electron chi connectivity index (χ4n) is 3.38. The number of allylic oxidation sites excluding steroid dienone is 4. The number of hydrogen-bond acceptors (Lipinski definition) is 6. The molecule has 0 bridgehead atoms. The molecule has 0 aliphatic heterocycles. The molecule has 3 rings (SSSR count). The summed E-state index contributed by atoms with van der Waals surface area (Å²) in [5, 5.41) is 22.3. The van der Waals surface area contributed by atoms with E-state index in [0.29, 0.717) is 22.7 Å². The van der Waals surface area contributed by atoms with E-state index < -0.39 is 5.43 Å². The fourth-order valence-corrected chi connectivity index (χ4v) is 3.49. The maximum atomic E-state index is 13.4. The van der Waals surface area contributed by atoms with Gasteiger partial charge >= 0.3 is 0 Å². The molecular formula is C25H26ClNO5. The van der Waals surface area contributed by atoms with Crippen molar-refractivity contribution in [3.8, 4) is 28.6 Å². The minimum Gasteiger partial charge on any atom is -0.507 e. The predicted octanol–water partition coefficient (Wildman–Crippen LogP) is 5.95. The van der Waals surface area contributed by atoms with E-state index in [-0.39, 0.29) is 46.0 Å². The first-order valence-corrected chi connectivity index (χ1v) is 10.5. The van der Waals surface area contributed by atoms with Gasteiger partial charge in [-0.2, -0.15) is 0 Å². The molecule has 2 heterocycles. The van der Waals surface area contributed by atoms with Crippen LogP contribution in [0.2, 0.25) is 5.15 Å². The summed E-state index contributed by atoms with van der Waals surface area (Å²) in [5.74, 6) is -0.338. The van der Waals surface area contributed by atoms with E-state index in [2.05, 4.69) is 4.98 Å². The summed E-state index contributed by atoms with van der Waals surface area (Å²) < 4.78 is 11.5. The molecule has 168 valence electrons. The molecule has 2 aromatic heterocycles. The van der Waals surface area contributed by atoms with Crippen LogP contribution in [0.4, 0.5) is 0 Å². The van der Waals surface area contributed by atoms with Crippen LogP contribution in [-0.2, 0) is 12.8 Å². The second-order valence-corrected chi connectivity index (χ2v) is 8.38. The Bertz CT molecular complexity index is 1280. The van der Waals surface area contributed by atoms with Gasteiger partial charge in [-0.3, -0.25) is 4.79 Å². The van der Waals surface area contributed by atoms with E-state index >= 15 is 0 Å². The van der Waals surface area contributed by atoms with E-state index in [4.69, 9.17) is 20.8 Å². The van der Waals surface area contributed by atoms with Crippen LogP contribution in [0.1, 0.15) is 38.8 Å². The molecule has 0 unspecified atom stereocenters. The quantitative estimate of drug-likeness (QED) is 0.352. The lowest BCUT2D eigenvalue weighted by Gasteiger charge is -2.16. The number of aromatic hydroxyl groups is 2. The van der Waals surface area contributed by atoms with E-state index in [1.807, 2.05) is 39.8 Å². The highest BCUT2D eigenvalue weighted by molar-refractivity contribution is 6.29. The highest BCUT2D eigenvalue weighted by atomic mass is 35.5. The number of pyridine rings is 1. The average molecular weight is 456 g/mol. The van der Waals surface area contributed by atoms with Crippen molar-refractivity contribution in [2.45, 2.75) is 40.5 Å². The Morgan fingerprint density at radius 3 is 2.22 bits per heavy atom. The molecule has 32 heavy (non-hydrogen) atoms. The normalized spacial score (nSPS) is 10.8. The molecule has 0 saturated heterocycles. The molecule has 3 aromatic rings. The zero-order valence-electron chi connectivity index (χ0n) is 18.7. The number of halogens is 1. The third-order valence-corrected chi connectivity index (χ3v) is 5.29. The van der Waals surface area contributed by atoms with Gasteiger partial charge in [0.2, 0.25) is 11.2 Å². The van der Waals surface area contributed by atoms with Gasteiger partial charge in [0.05, 0.1) is 7.11 Å². The zero-order valence-corrected chi connectivity index (χ0v) is 19.5. The summed E-state index contributed by atoms with van der Waals surface area (Å²) >= 11 is 5.89. The monoisotopic (exact) mass is 455 g/mol. The van der Waals surface area contributed by atoms with Crippen LogP contribution in [0, 0.1) is 0 Å². The van der Waals surface area contributed by atoms with Gasteiger partial charge in [0.15, 0.2) is 5.76 Å². The largest absolute Gasteiger partial charge is 0.507 e. The van der Waals surface area contributed by atoms with E-state index in [1.165, 1.54) is 13.3 Å². The van der Waals surface area contributed by atoms with Crippen molar-refractivity contribution in [1.82, 2.24) is 4.98 Å². The molecule has 0 radical (unpaired) electrons. The highest BCUT2D eigenvalue weighted by Gasteiger charge is 2.26. The standard InChI is InChI=1S/C25H26ClNO5/c1-13(2)6-9-16-20(28)17(10-7-14(3)4)24-19(21(16)29)22(30)25(31-5)23(32-24)15-8-11-18(26)27-12-15/h6-8,11-12,28-29H,9-10H2,1-5H3. The Labute approximate surface area is 191 Å². The van der Waals surface area contributed by atoms with Gasteiger partial charge in [-0.1, -0.05) is 34.9 Å². The molecule has 0 atom stereocenters. The van der Waals surface area contributed by atoms with Crippen molar-refractivity contribution in [2.75, 3.05) is 7.11 Å². The lowest BCUT2D eigenvalue weighted by atomic mass is 9.96. The molecule has 7 heteroatoms. The molecular weight excluding hydrogens is 430 g/mol. The number of aromatic nitrogens is 1. The number of nitrogens with zero attached hydrogens (tertiary/aromatic N) is 1. The van der Waals surface area contributed by atoms with Crippen molar-refractivity contribution in [2.24, 2.45) is 0 Å². The first-order valence-electron chi connectivity index (χ1n) is 10.1. The van der Waals surface area contributed by atoms with Crippen molar-refractivity contribution in [1.29, 1.82) is 0 Å². The Morgan fingerprint density at radius 2 is 1.69 bits per heavy atom. The SMILES string of the molecule is COc1c(-c2ccc(Cl)nc2)oc2c(CC=C(C)C)c(O)c(CC=C(C)C)c(O)c2c1=O. The number of fused-ring (bicyclic) bond motifs is 1. The molecule has 0 fully saturated rings. The maximum Gasteiger partial charge on any atom is 0.239 e. The van der Waals surface area contributed by atoms with E-state index in [1.54, 1.807) is 12.1 Å². The van der Waals surface area contributed by atoms with Crippen LogP contribution >= 0.6 is 11.6 Å². The first kappa shape index (κ1) is 23.4.